The number of hydrogen-bond donors (Lipinski definition) is 0. The number of hydrogen-bond acceptors (Lipinski definition) is 0. The van der Waals surface area contributed by atoms with E-state index in [1.807, 2.05) is 0 Å². The van der Waals surface area contributed by atoms with Gasteiger partial charge in [0.15, 0.2) is 0 Å². The summed E-state index contributed by atoms with van der Waals surface area (Å²) >= 11 is -3.28. The van der Waals surface area contributed by atoms with E-state index >= 15 is 0 Å². The van der Waals surface area contributed by atoms with Crippen molar-refractivity contribution in [3.05, 3.63) is 155 Å². The molecule has 1 saturated heterocycles. The van der Waals surface area contributed by atoms with E-state index in [-0.39, 0.29) is 35.6 Å². The fraction of sp³-hybridized carbons (Fsp3) is 0.308. The quantitative estimate of drug-likeness (QED) is 0.166. The zero-order valence-electron chi connectivity index (χ0n) is 33.1. The van der Waals surface area contributed by atoms with Crippen LogP contribution in [0.1, 0.15) is 96.7 Å². The summed E-state index contributed by atoms with van der Waals surface area (Å²) in [4.78, 5) is 0. The molecule has 1 saturated carbocycles. The van der Waals surface area contributed by atoms with Crippen LogP contribution in [-0.4, -0.2) is 0 Å². The van der Waals surface area contributed by atoms with Crippen molar-refractivity contribution in [1.82, 2.24) is 0 Å². The van der Waals surface area contributed by atoms with E-state index in [1.165, 1.54) is 80.6 Å². The number of halogens is 2. The van der Waals surface area contributed by atoms with Crippen LogP contribution in [0.2, 0.25) is 7.25 Å². The van der Waals surface area contributed by atoms with Crippen molar-refractivity contribution >= 4 is 33.7 Å². The molecular weight excluding hydrogens is 787 g/mol. The SMILES string of the molecule is CC(C)(C)C1=Cc2c(-c3cccc4ccccc34)cccc2[CH]1[Zr+2]1([CH]2C(C(C)(C)C)=Cc3c(-c4cccc5ccccc45)cccc32)[CH]2CCCC[CH]21.[Cl-].[Cl-]. The molecule has 278 valence electrons. The Labute approximate surface area is 345 Å². The van der Waals surface area contributed by atoms with Gasteiger partial charge >= 0.3 is 324 Å². The third-order valence-corrected chi connectivity index (χ3v) is 30.7. The standard InChI is InChI=1S/2C23H21.C6H10.2ClH.Zr/c2*1-23(2,3)18-14-17-10-7-13-21(22(17)15-18)20-12-6-9-16-8-4-5-11-19(16)20;1-2-4-6-5-3-1;;;/h2*4-15H,1-3H3;1-2H,3-6H2;2*1H;/q;;;;;+2/p-2. The van der Waals surface area contributed by atoms with E-state index in [0.717, 1.165) is 7.25 Å². The number of fused-ring (bicyclic) bond motifs is 5. The van der Waals surface area contributed by atoms with Gasteiger partial charge in [-0.2, -0.15) is 0 Å². The molecule has 6 aromatic rings. The van der Waals surface area contributed by atoms with Crippen LogP contribution < -0.4 is 24.8 Å². The molecule has 3 aliphatic carbocycles. The van der Waals surface area contributed by atoms with Crippen molar-refractivity contribution in [1.29, 1.82) is 0 Å². The summed E-state index contributed by atoms with van der Waals surface area (Å²) in [6.07, 6.45) is 11.2. The second kappa shape index (κ2) is 14.0. The van der Waals surface area contributed by atoms with E-state index in [0.29, 0.717) is 7.25 Å². The summed E-state index contributed by atoms with van der Waals surface area (Å²) in [6.45, 7) is 15.1. The first-order valence-corrected chi connectivity index (χ1v) is 25.9. The molecule has 0 spiro atoms. The van der Waals surface area contributed by atoms with Gasteiger partial charge in [-0.05, 0) is 0 Å². The van der Waals surface area contributed by atoms with Gasteiger partial charge in [0.1, 0.15) is 0 Å². The third-order valence-electron chi connectivity index (χ3n) is 14.0. The summed E-state index contributed by atoms with van der Waals surface area (Å²) in [5.74, 6) is 0. The molecule has 1 heterocycles. The zero-order valence-corrected chi connectivity index (χ0v) is 37.1. The molecule has 10 rings (SSSR count). The normalized spacial score (nSPS) is 22.7. The summed E-state index contributed by atoms with van der Waals surface area (Å²) < 4.78 is 3.04. The van der Waals surface area contributed by atoms with Crippen molar-refractivity contribution in [3.8, 4) is 22.3 Å². The first-order chi connectivity index (χ1) is 25.6. The molecule has 0 radical (unpaired) electrons. The van der Waals surface area contributed by atoms with Gasteiger partial charge in [0.2, 0.25) is 0 Å². The Morgan fingerprint density at radius 2 is 0.800 bits per heavy atom. The Morgan fingerprint density at radius 3 is 1.22 bits per heavy atom. The minimum absolute atomic E-state index is 0. The molecule has 6 aromatic carbocycles. The Kier molecular flexibility index (Phi) is 9.84. The first-order valence-electron chi connectivity index (χ1n) is 20.2. The van der Waals surface area contributed by atoms with Gasteiger partial charge in [0, 0.05) is 0 Å². The molecule has 0 nitrogen and oxygen atoms in total. The second-order valence-corrected chi connectivity index (χ2v) is 30.1. The van der Waals surface area contributed by atoms with Gasteiger partial charge in [-0.3, -0.25) is 0 Å². The van der Waals surface area contributed by atoms with E-state index in [9.17, 15) is 0 Å². The maximum absolute atomic E-state index is 3.28. The topological polar surface area (TPSA) is 0 Å². The second-order valence-electron chi connectivity index (χ2n) is 18.7. The maximum atomic E-state index is 2.73. The van der Waals surface area contributed by atoms with Gasteiger partial charge in [-0.25, -0.2) is 0 Å². The third kappa shape index (κ3) is 5.85. The predicted molar refractivity (Wildman–Crippen MR) is 225 cm³/mol. The molecule has 55 heavy (non-hydrogen) atoms. The van der Waals surface area contributed by atoms with Crippen LogP contribution in [0.5, 0.6) is 0 Å². The van der Waals surface area contributed by atoms with Crippen molar-refractivity contribution < 1.29 is 45.1 Å². The molecule has 0 amide bonds. The molecule has 0 bridgehead atoms. The largest absolute Gasteiger partial charge is 1.00 e. The van der Waals surface area contributed by atoms with Crippen molar-refractivity contribution in [2.24, 2.45) is 10.8 Å². The van der Waals surface area contributed by atoms with Crippen LogP contribution in [0, 0.1) is 10.8 Å². The number of allylic oxidation sites excluding steroid dienone is 2. The molecule has 0 aromatic heterocycles. The van der Waals surface area contributed by atoms with Gasteiger partial charge in [-0.1, -0.05) is 0 Å². The average Bonchev–Trinajstić information content (AvgIpc) is 3.41. The van der Waals surface area contributed by atoms with Crippen LogP contribution in [-0.2, 0) is 20.3 Å². The summed E-state index contributed by atoms with van der Waals surface area (Å²) in [7, 11) is 0. The van der Waals surface area contributed by atoms with E-state index < -0.39 is 20.3 Å². The minimum atomic E-state index is -3.28. The summed E-state index contributed by atoms with van der Waals surface area (Å²) in [5, 5.41) is 5.37. The minimum Gasteiger partial charge on any atom is -1.00 e. The fourth-order valence-electron chi connectivity index (χ4n) is 11.8. The molecular formula is C52H52Cl2Zr. The molecule has 4 atom stereocenters. The van der Waals surface area contributed by atoms with Crippen molar-refractivity contribution in [2.75, 3.05) is 0 Å². The molecule has 4 aliphatic rings. The molecule has 2 fully saturated rings. The van der Waals surface area contributed by atoms with Crippen LogP contribution in [0.25, 0.3) is 56.0 Å². The summed E-state index contributed by atoms with van der Waals surface area (Å²) in [6, 6.07) is 46.6. The van der Waals surface area contributed by atoms with Crippen molar-refractivity contribution in [2.45, 2.75) is 81.7 Å². The Hall–Kier alpha value is -3.22. The van der Waals surface area contributed by atoms with Gasteiger partial charge in [-0.15, -0.1) is 0 Å². The van der Waals surface area contributed by atoms with Gasteiger partial charge in [0.05, 0.1) is 0 Å². The molecule has 4 unspecified atom stereocenters. The fourth-order valence-corrected chi connectivity index (χ4v) is 35.9. The Balaban J connectivity index is 0.00000214. The molecule has 0 N–H and O–H groups in total. The van der Waals surface area contributed by atoms with Crippen molar-refractivity contribution in [3.63, 3.8) is 0 Å². The van der Waals surface area contributed by atoms with Crippen LogP contribution in [0.4, 0.5) is 0 Å². The zero-order chi connectivity index (χ0) is 36.3. The van der Waals surface area contributed by atoms with E-state index in [2.05, 4.69) is 175 Å². The average molecular weight is 839 g/mol. The van der Waals surface area contributed by atoms with E-state index in [1.54, 1.807) is 22.3 Å². The van der Waals surface area contributed by atoms with E-state index in [4.69, 9.17) is 0 Å². The molecule has 3 heteroatoms. The number of rotatable bonds is 4. The summed E-state index contributed by atoms with van der Waals surface area (Å²) in [5.41, 5.74) is 15.6. The number of benzene rings is 6. The Morgan fingerprint density at radius 1 is 0.436 bits per heavy atom. The van der Waals surface area contributed by atoms with Crippen LogP contribution in [0.15, 0.2) is 132 Å². The smallest absolute Gasteiger partial charge is 1.00 e. The first kappa shape index (κ1) is 38.6. The monoisotopic (exact) mass is 836 g/mol. The maximum Gasteiger partial charge on any atom is -1.00 e. The van der Waals surface area contributed by atoms with Gasteiger partial charge < -0.3 is 24.8 Å². The Bertz CT molecular complexity index is 2340. The predicted octanol–water partition coefficient (Wildman–Crippen LogP) is 9.32. The van der Waals surface area contributed by atoms with Crippen LogP contribution >= 0.6 is 0 Å². The van der Waals surface area contributed by atoms with Gasteiger partial charge in [0.25, 0.3) is 0 Å². The molecule has 1 aliphatic heterocycles. The van der Waals surface area contributed by atoms with Crippen LogP contribution in [0.3, 0.4) is 0 Å².